The van der Waals surface area contributed by atoms with Gasteiger partial charge in [-0.15, -0.1) is 0 Å². The number of benzene rings is 1. The van der Waals surface area contributed by atoms with Gasteiger partial charge in [-0.1, -0.05) is 24.3 Å². The number of hydrogen-bond acceptors (Lipinski definition) is 6. The topological polar surface area (TPSA) is 99.5 Å². The van der Waals surface area contributed by atoms with Gasteiger partial charge in [0.15, 0.2) is 0 Å². The molecule has 0 spiro atoms. The summed E-state index contributed by atoms with van der Waals surface area (Å²) in [7, 11) is 0. The minimum atomic E-state index is -0.460. The van der Waals surface area contributed by atoms with Crippen molar-refractivity contribution in [2.24, 2.45) is 0 Å². The lowest BCUT2D eigenvalue weighted by atomic mass is 9.96. The van der Waals surface area contributed by atoms with Crippen molar-refractivity contribution in [2.45, 2.75) is 76.3 Å². The predicted octanol–water partition coefficient (Wildman–Crippen LogP) is 2.85. The minimum absolute atomic E-state index is 0.0282. The average molecular weight is 504 g/mol. The molecular formula is C29H37N5O3. The molecule has 8 heteroatoms. The van der Waals surface area contributed by atoms with Crippen LogP contribution in [-0.2, 0) is 6.54 Å². The average Bonchev–Trinajstić information content (AvgIpc) is 3.10. The molecule has 2 aliphatic heterocycles. The molecule has 2 unspecified atom stereocenters. The van der Waals surface area contributed by atoms with E-state index in [1.165, 1.54) is 0 Å². The number of para-hydroxylation sites is 1. The van der Waals surface area contributed by atoms with E-state index in [-0.39, 0.29) is 29.1 Å². The highest BCUT2D eigenvalue weighted by molar-refractivity contribution is 5.97. The molecule has 2 aliphatic rings. The number of amides is 1. The lowest BCUT2D eigenvalue weighted by molar-refractivity contribution is 0.0502. The van der Waals surface area contributed by atoms with Crippen LogP contribution in [0.3, 0.4) is 0 Å². The molecule has 2 fully saturated rings. The zero-order valence-electron chi connectivity index (χ0n) is 21.6. The van der Waals surface area contributed by atoms with Crippen LogP contribution in [0.1, 0.15) is 61.5 Å². The molecule has 5 rings (SSSR count). The van der Waals surface area contributed by atoms with Crippen LogP contribution >= 0.6 is 0 Å². The summed E-state index contributed by atoms with van der Waals surface area (Å²) in [6.45, 7) is 5.76. The van der Waals surface area contributed by atoms with Crippen molar-refractivity contribution in [1.29, 1.82) is 0 Å². The maximum Gasteiger partial charge on any atom is 0.264 e. The molecule has 196 valence electrons. The Morgan fingerprint density at radius 3 is 2.59 bits per heavy atom. The number of nitrogens with zero attached hydrogens (tertiary/aromatic N) is 3. The number of carbonyl (C=O) groups is 1. The molecule has 0 aliphatic carbocycles. The molecule has 3 N–H and O–H groups in total. The van der Waals surface area contributed by atoms with Crippen molar-refractivity contribution in [3.63, 3.8) is 0 Å². The molecular weight excluding hydrogens is 466 g/mol. The van der Waals surface area contributed by atoms with E-state index in [9.17, 15) is 14.7 Å². The summed E-state index contributed by atoms with van der Waals surface area (Å²) >= 11 is 0. The van der Waals surface area contributed by atoms with Gasteiger partial charge in [-0.25, -0.2) is 0 Å². The maximum absolute atomic E-state index is 13.3. The van der Waals surface area contributed by atoms with E-state index in [0.29, 0.717) is 31.7 Å². The van der Waals surface area contributed by atoms with E-state index < -0.39 is 6.10 Å². The van der Waals surface area contributed by atoms with Crippen molar-refractivity contribution in [3.8, 4) is 0 Å². The van der Waals surface area contributed by atoms with Crippen molar-refractivity contribution in [3.05, 3.63) is 76.3 Å². The summed E-state index contributed by atoms with van der Waals surface area (Å²) in [5.41, 5.74) is 1.91. The number of aliphatic hydroxyl groups excluding tert-OH is 1. The molecule has 2 aromatic heterocycles. The summed E-state index contributed by atoms with van der Waals surface area (Å²) in [5, 5.41) is 18.0. The van der Waals surface area contributed by atoms with Gasteiger partial charge in [0, 0.05) is 56.2 Å². The van der Waals surface area contributed by atoms with Gasteiger partial charge < -0.3 is 20.3 Å². The van der Waals surface area contributed by atoms with Crippen LogP contribution in [0.2, 0.25) is 0 Å². The van der Waals surface area contributed by atoms with Crippen molar-refractivity contribution in [1.82, 2.24) is 25.1 Å². The third-order valence-electron chi connectivity index (χ3n) is 7.78. The first-order valence-electron chi connectivity index (χ1n) is 13.4. The molecule has 8 nitrogen and oxygen atoms in total. The molecule has 1 amide bonds. The normalized spacial score (nSPS) is 22.4. The quantitative estimate of drug-likeness (QED) is 0.415. The van der Waals surface area contributed by atoms with Crippen LogP contribution in [0.4, 0.5) is 0 Å². The number of piperidine rings is 1. The van der Waals surface area contributed by atoms with Gasteiger partial charge in [0.05, 0.1) is 11.6 Å². The first-order valence-corrected chi connectivity index (χ1v) is 13.4. The fourth-order valence-electron chi connectivity index (χ4n) is 6.11. The number of nitrogens with one attached hydrogen (secondary N) is 2. The highest BCUT2D eigenvalue weighted by atomic mass is 16.3. The van der Waals surface area contributed by atoms with Crippen molar-refractivity contribution >= 4 is 16.8 Å². The molecule has 1 aromatic carbocycles. The van der Waals surface area contributed by atoms with Gasteiger partial charge >= 0.3 is 0 Å². The van der Waals surface area contributed by atoms with Crippen LogP contribution in [0.25, 0.3) is 10.9 Å². The van der Waals surface area contributed by atoms with E-state index in [4.69, 9.17) is 0 Å². The minimum Gasteiger partial charge on any atom is -0.390 e. The van der Waals surface area contributed by atoms with Crippen LogP contribution < -0.4 is 16.2 Å². The third kappa shape index (κ3) is 5.61. The molecule has 2 bridgehead atoms. The van der Waals surface area contributed by atoms with Gasteiger partial charge in [0.2, 0.25) is 0 Å². The zero-order chi connectivity index (χ0) is 25.9. The van der Waals surface area contributed by atoms with E-state index in [1.807, 2.05) is 56.4 Å². The van der Waals surface area contributed by atoms with Crippen LogP contribution in [0.5, 0.6) is 0 Å². The monoisotopic (exact) mass is 503 g/mol. The number of aliphatic hydroxyl groups is 1. The second-order valence-electron chi connectivity index (χ2n) is 10.8. The Morgan fingerprint density at radius 2 is 1.89 bits per heavy atom. The van der Waals surface area contributed by atoms with Gasteiger partial charge in [-0.3, -0.25) is 19.5 Å². The highest BCUT2D eigenvalue weighted by Gasteiger charge is 2.41. The first-order chi connectivity index (χ1) is 17.9. The van der Waals surface area contributed by atoms with E-state index in [1.54, 1.807) is 16.8 Å². The number of carbonyl (C=O) groups excluding carboxylic acids is 1. The molecule has 4 atom stereocenters. The second kappa shape index (κ2) is 11.1. The Balaban J connectivity index is 1.19. The Kier molecular flexibility index (Phi) is 7.69. The molecule has 4 heterocycles. The zero-order valence-corrected chi connectivity index (χ0v) is 21.6. The van der Waals surface area contributed by atoms with E-state index >= 15 is 0 Å². The van der Waals surface area contributed by atoms with Crippen LogP contribution in [-0.4, -0.2) is 62.8 Å². The molecule has 2 saturated heterocycles. The van der Waals surface area contributed by atoms with E-state index in [0.717, 1.165) is 42.1 Å². The fraction of sp³-hybridized carbons (Fsp3) is 0.483. The maximum atomic E-state index is 13.3. The van der Waals surface area contributed by atoms with E-state index in [2.05, 4.69) is 20.5 Å². The lowest BCUT2D eigenvalue weighted by Crippen LogP contribution is -2.53. The summed E-state index contributed by atoms with van der Waals surface area (Å²) < 4.78 is 1.71. The van der Waals surface area contributed by atoms with Gasteiger partial charge in [0.1, 0.15) is 5.56 Å². The highest BCUT2D eigenvalue weighted by Crippen LogP contribution is 2.36. The SMILES string of the molecule is CC(C)n1c(=O)c(C(=O)NC2C[C@H]3CC[C@@H](C2)N3CC(O)CNCc2cccnc2)cc2ccccc21. The number of pyridine rings is 2. The van der Waals surface area contributed by atoms with Crippen molar-refractivity contribution < 1.29 is 9.90 Å². The summed E-state index contributed by atoms with van der Waals surface area (Å²) in [6, 6.07) is 14.0. The van der Waals surface area contributed by atoms with Gasteiger partial charge in [-0.05, 0) is 68.7 Å². The second-order valence-corrected chi connectivity index (χ2v) is 10.8. The Morgan fingerprint density at radius 1 is 1.14 bits per heavy atom. The van der Waals surface area contributed by atoms with Gasteiger partial charge in [0.25, 0.3) is 11.5 Å². The van der Waals surface area contributed by atoms with Crippen LogP contribution in [0, 0.1) is 0 Å². The molecule has 3 aromatic rings. The number of aromatic nitrogens is 2. The molecule has 37 heavy (non-hydrogen) atoms. The number of rotatable bonds is 9. The lowest BCUT2D eigenvalue weighted by Gasteiger charge is -2.40. The molecule has 0 radical (unpaired) electrons. The number of fused-ring (bicyclic) bond motifs is 3. The summed E-state index contributed by atoms with van der Waals surface area (Å²) in [6.07, 6.45) is 6.94. The van der Waals surface area contributed by atoms with Crippen molar-refractivity contribution in [2.75, 3.05) is 13.1 Å². The fourth-order valence-corrected chi connectivity index (χ4v) is 6.11. The third-order valence-corrected chi connectivity index (χ3v) is 7.78. The van der Waals surface area contributed by atoms with Gasteiger partial charge in [-0.2, -0.15) is 0 Å². The predicted molar refractivity (Wildman–Crippen MR) is 145 cm³/mol. The largest absolute Gasteiger partial charge is 0.390 e. The standard InChI is InChI=1S/C29H37N5O3/c1-19(2)34-27-8-4-3-7-21(27)12-26(29(34)37)28(36)32-22-13-23-9-10-24(14-22)33(23)18-25(35)17-31-16-20-6-5-11-30-15-20/h3-8,11-12,15,19,22-25,31,35H,9-10,13-14,16-18H2,1-2H3,(H,32,36)/t22?,23-,24+,25?. The molecule has 0 saturated carbocycles. The first kappa shape index (κ1) is 25.6. The van der Waals surface area contributed by atoms with Crippen LogP contribution in [0.15, 0.2) is 59.7 Å². The Labute approximate surface area is 217 Å². The number of hydrogen-bond donors (Lipinski definition) is 3. The summed E-state index contributed by atoms with van der Waals surface area (Å²) in [5.74, 6) is -0.289. The Hall–Kier alpha value is -3.07. The Bertz CT molecular complexity index is 1280. The smallest absolute Gasteiger partial charge is 0.264 e. The summed E-state index contributed by atoms with van der Waals surface area (Å²) in [4.78, 5) is 33.1.